The van der Waals surface area contributed by atoms with Crippen LogP contribution in [0, 0.1) is 0 Å². The minimum absolute atomic E-state index is 0. The molecule has 0 aromatic carbocycles. The van der Waals surface area contributed by atoms with Crippen molar-refractivity contribution in [1.82, 2.24) is 10.6 Å². The molecular formula is C12H19ClN2OS. The molecule has 5 heteroatoms. The Balaban J connectivity index is 0.00000144. The summed E-state index contributed by atoms with van der Waals surface area (Å²) >= 11 is 1.72. The van der Waals surface area contributed by atoms with Crippen molar-refractivity contribution in [3.8, 4) is 0 Å². The molecule has 1 aromatic heterocycles. The highest BCUT2D eigenvalue weighted by Gasteiger charge is 2.14. The second kappa shape index (κ2) is 7.69. The molecule has 1 aliphatic rings. The Morgan fingerprint density at radius 2 is 2.24 bits per heavy atom. The smallest absolute Gasteiger partial charge is 0.220 e. The van der Waals surface area contributed by atoms with Crippen molar-refractivity contribution in [2.24, 2.45) is 0 Å². The SMILES string of the molecule is Cl.O=C(CCc1cccs1)NC1CCNCC1. The van der Waals surface area contributed by atoms with Crippen LogP contribution in [0.4, 0.5) is 0 Å². The maximum absolute atomic E-state index is 11.7. The molecule has 3 nitrogen and oxygen atoms in total. The van der Waals surface area contributed by atoms with Gasteiger partial charge < -0.3 is 10.6 Å². The zero-order valence-corrected chi connectivity index (χ0v) is 11.4. The van der Waals surface area contributed by atoms with Gasteiger partial charge in [-0.1, -0.05) is 6.07 Å². The van der Waals surface area contributed by atoms with Crippen LogP contribution in [-0.4, -0.2) is 25.0 Å². The summed E-state index contributed by atoms with van der Waals surface area (Å²) in [5.41, 5.74) is 0. The van der Waals surface area contributed by atoms with Crippen molar-refractivity contribution in [2.45, 2.75) is 31.7 Å². The molecule has 1 fully saturated rings. The fraction of sp³-hybridized carbons (Fsp3) is 0.583. The summed E-state index contributed by atoms with van der Waals surface area (Å²) in [6, 6.07) is 4.50. The third-order valence-electron chi connectivity index (χ3n) is 2.88. The number of piperidine rings is 1. The molecule has 0 aliphatic carbocycles. The first-order chi connectivity index (χ1) is 7.84. The van der Waals surface area contributed by atoms with Crippen LogP contribution in [0.5, 0.6) is 0 Å². The predicted octanol–water partition coefficient (Wildman–Crippen LogP) is 1.97. The van der Waals surface area contributed by atoms with Gasteiger partial charge in [0.05, 0.1) is 0 Å². The largest absolute Gasteiger partial charge is 0.353 e. The van der Waals surface area contributed by atoms with Crippen LogP contribution in [-0.2, 0) is 11.2 Å². The number of thiophene rings is 1. The maximum atomic E-state index is 11.7. The molecular weight excluding hydrogens is 256 g/mol. The van der Waals surface area contributed by atoms with Gasteiger partial charge in [-0.15, -0.1) is 23.7 Å². The van der Waals surface area contributed by atoms with E-state index in [1.165, 1.54) is 4.88 Å². The number of carbonyl (C=O) groups is 1. The van der Waals surface area contributed by atoms with Crippen LogP contribution < -0.4 is 10.6 Å². The predicted molar refractivity (Wildman–Crippen MR) is 73.9 cm³/mol. The molecule has 0 spiro atoms. The Kier molecular flexibility index (Phi) is 6.55. The lowest BCUT2D eigenvalue weighted by Crippen LogP contribution is -2.42. The van der Waals surface area contributed by atoms with Gasteiger partial charge in [-0.2, -0.15) is 0 Å². The van der Waals surface area contributed by atoms with Crippen LogP contribution in [0.25, 0.3) is 0 Å². The van der Waals surface area contributed by atoms with Gasteiger partial charge in [-0.3, -0.25) is 4.79 Å². The summed E-state index contributed by atoms with van der Waals surface area (Å²) in [6.45, 7) is 2.05. The molecule has 1 aromatic rings. The van der Waals surface area contributed by atoms with Gasteiger partial charge >= 0.3 is 0 Å². The lowest BCUT2D eigenvalue weighted by Gasteiger charge is -2.23. The maximum Gasteiger partial charge on any atom is 0.220 e. The van der Waals surface area contributed by atoms with E-state index >= 15 is 0 Å². The Bertz CT molecular complexity index is 323. The van der Waals surface area contributed by atoms with Gasteiger partial charge in [-0.05, 0) is 43.8 Å². The average molecular weight is 275 g/mol. The third-order valence-corrected chi connectivity index (χ3v) is 3.82. The summed E-state index contributed by atoms with van der Waals surface area (Å²) < 4.78 is 0. The first kappa shape index (κ1) is 14.5. The molecule has 0 bridgehead atoms. The Morgan fingerprint density at radius 1 is 1.47 bits per heavy atom. The topological polar surface area (TPSA) is 41.1 Å². The van der Waals surface area contributed by atoms with E-state index in [1.54, 1.807) is 11.3 Å². The summed E-state index contributed by atoms with van der Waals surface area (Å²) in [4.78, 5) is 13.0. The van der Waals surface area contributed by atoms with E-state index in [0.717, 1.165) is 32.4 Å². The highest BCUT2D eigenvalue weighted by molar-refractivity contribution is 7.09. The van der Waals surface area contributed by atoms with Gasteiger partial charge in [-0.25, -0.2) is 0 Å². The summed E-state index contributed by atoms with van der Waals surface area (Å²) in [5.74, 6) is 0.195. The highest BCUT2D eigenvalue weighted by atomic mass is 35.5. The molecule has 0 unspecified atom stereocenters. The van der Waals surface area contributed by atoms with Crippen molar-refractivity contribution in [2.75, 3.05) is 13.1 Å². The van der Waals surface area contributed by atoms with E-state index in [4.69, 9.17) is 0 Å². The van der Waals surface area contributed by atoms with Crippen molar-refractivity contribution in [3.05, 3.63) is 22.4 Å². The van der Waals surface area contributed by atoms with E-state index in [-0.39, 0.29) is 18.3 Å². The summed E-state index contributed by atoms with van der Waals surface area (Å²) in [7, 11) is 0. The number of amides is 1. The van der Waals surface area contributed by atoms with Crippen LogP contribution >= 0.6 is 23.7 Å². The van der Waals surface area contributed by atoms with Gasteiger partial charge in [0.2, 0.25) is 5.91 Å². The molecule has 0 atom stereocenters. The number of rotatable bonds is 4. The number of halogens is 1. The number of hydrogen-bond acceptors (Lipinski definition) is 3. The Labute approximate surface area is 112 Å². The average Bonchev–Trinajstić information content (AvgIpc) is 2.81. The standard InChI is InChI=1S/C12H18N2OS.ClH/c15-12(4-3-11-2-1-9-16-11)14-10-5-7-13-8-6-10;/h1-2,9-10,13H,3-8H2,(H,14,15);1H. The van der Waals surface area contributed by atoms with Crippen LogP contribution in [0.2, 0.25) is 0 Å². The number of aryl methyl sites for hydroxylation is 1. The van der Waals surface area contributed by atoms with Crippen molar-refractivity contribution < 1.29 is 4.79 Å². The molecule has 2 heterocycles. The first-order valence-electron chi connectivity index (χ1n) is 5.87. The van der Waals surface area contributed by atoms with Crippen LogP contribution in [0.1, 0.15) is 24.1 Å². The minimum atomic E-state index is 0. The molecule has 96 valence electrons. The van der Waals surface area contributed by atoms with E-state index in [9.17, 15) is 4.79 Å². The minimum Gasteiger partial charge on any atom is -0.353 e. The van der Waals surface area contributed by atoms with E-state index in [0.29, 0.717) is 12.5 Å². The van der Waals surface area contributed by atoms with Gasteiger partial charge in [0, 0.05) is 17.3 Å². The van der Waals surface area contributed by atoms with E-state index in [2.05, 4.69) is 22.1 Å². The fourth-order valence-electron chi connectivity index (χ4n) is 1.96. The van der Waals surface area contributed by atoms with Crippen LogP contribution in [0.15, 0.2) is 17.5 Å². The number of nitrogens with one attached hydrogen (secondary N) is 2. The first-order valence-corrected chi connectivity index (χ1v) is 6.75. The molecule has 0 saturated carbocycles. The molecule has 17 heavy (non-hydrogen) atoms. The molecule has 1 aliphatic heterocycles. The normalized spacial score (nSPS) is 16.2. The zero-order chi connectivity index (χ0) is 11.2. The van der Waals surface area contributed by atoms with Gasteiger partial charge in [0.1, 0.15) is 0 Å². The lowest BCUT2D eigenvalue weighted by molar-refractivity contribution is -0.121. The molecule has 1 saturated heterocycles. The van der Waals surface area contributed by atoms with Crippen molar-refractivity contribution >= 4 is 29.7 Å². The molecule has 0 radical (unpaired) electrons. The quantitative estimate of drug-likeness (QED) is 0.881. The van der Waals surface area contributed by atoms with Crippen LogP contribution in [0.3, 0.4) is 0 Å². The number of hydrogen-bond donors (Lipinski definition) is 2. The van der Waals surface area contributed by atoms with Gasteiger partial charge in [0.25, 0.3) is 0 Å². The second-order valence-corrected chi connectivity index (χ2v) is 5.20. The Hall–Kier alpha value is -0.580. The molecule has 2 N–H and O–H groups in total. The van der Waals surface area contributed by atoms with Crippen molar-refractivity contribution in [1.29, 1.82) is 0 Å². The summed E-state index contributed by atoms with van der Waals surface area (Å²) in [5, 5.41) is 8.46. The lowest BCUT2D eigenvalue weighted by atomic mass is 10.1. The number of carbonyl (C=O) groups excluding carboxylic acids is 1. The zero-order valence-electron chi connectivity index (χ0n) is 9.78. The fourth-order valence-corrected chi connectivity index (χ4v) is 2.67. The monoisotopic (exact) mass is 274 g/mol. The van der Waals surface area contributed by atoms with E-state index < -0.39 is 0 Å². The van der Waals surface area contributed by atoms with Gasteiger partial charge in [0.15, 0.2) is 0 Å². The third kappa shape index (κ3) is 5.06. The molecule has 2 rings (SSSR count). The van der Waals surface area contributed by atoms with E-state index in [1.807, 2.05) is 6.07 Å². The summed E-state index contributed by atoms with van der Waals surface area (Å²) in [6.07, 6.45) is 3.61. The van der Waals surface area contributed by atoms with Crippen molar-refractivity contribution in [3.63, 3.8) is 0 Å². The molecule has 1 amide bonds. The Morgan fingerprint density at radius 3 is 2.88 bits per heavy atom. The highest BCUT2D eigenvalue weighted by Crippen LogP contribution is 2.11. The second-order valence-electron chi connectivity index (χ2n) is 4.17.